The molecule has 84 valence electrons. The van der Waals surface area contributed by atoms with E-state index in [-0.39, 0.29) is 12.5 Å². The Morgan fingerprint density at radius 3 is 2.00 bits per heavy atom. The lowest BCUT2D eigenvalue weighted by Gasteiger charge is -1.93. The van der Waals surface area contributed by atoms with Crippen LogP contribution in [-0.4, -0.2) is 23.5 Å². The summed E-state index contributed by atoms with van der Waals surface area (Å²) in [5.74, 6) is -1.14. The molecule has 0 saturated heterocycles. The number of primary amides is 1. The fourth-order valence-electron chi connectivity index (χ4n) is 0.726. The molecule has 0 bridgehead atoms. The van der Waals surface area contributed by atoms with E-state index in [9.17, 15) is 9.59 Å². The Hall–Kier alpha value is -1.10. The zero-order valence-corrected chi connectivity index (χ0v) is 8.66. The highest BCUT2D eigenvalue weighted by Crippen LogP contribution is 2.00. The first-order chi connectivity index (χ1) is 6.54. The number of carboxylic acid groups (broad SMARTS) is 1. The number of carboxylic acids is 1. The molecule has 0 aliphatic heterocycles. The van der Waals surface area contributed by atoms with Crippen LogP contribution < -0.4 is 11.5 Å². The minimum absolute atomic E-state index is 0.175. The second-order valence-electron chi connectivity index (χ2n) is 2.87. The van der Waals surface area contributed by atoms with E-state index in [1.165, 1.54) is 12.8 Å². The van der Waals surface area contributed by atoms with Gasteiger partial charge in [0.2, 0.25) is 5.91 Å². The van der Waals surface area contributed by atoms with Crippen molar-refractivity contribution in [1.29, 1.82) is 0 Å². The highest BCUT2D eigenvalue weighted by Gasteiger charge is 1.91. The van der Waals surface area contributed by atoms with Gasteiger partial charge in [0.1, 0.15) is 0 Å². The second kappa shape index (κ2) is 11.9. The third-order valence-electron chi connectivity index (χ3n) is 1.45. The molecule has 5 nitrogen and oxygen atoms in total. The molecule has 1 amide bonds. The summed E-state index contributed by atoms with van der Waals surface area (Å²) in [6.07, 6.45) is 5.08. The molecule has 0 spiro atoms. The number of rotatable bonds is 6. The van der Waals surface area contributed by atoms with E-state index in [2.05, 4.69) is 12.7 Å². The van der Waals surface area contributed by atoms with Crippen LogP contribution in [0.15, 0.2) is 0 Å². The van der Waals surface area contributed by atoms with Gasteiger partial charge in [0.05, 0.1) is 6.54 Å². The van der Waals surface area contributed by atoms with E-state index in [1.54, 1.807) is 0 Å². The van der Waals surface area contributed by atoms with Crippen molar-refractivity contribution in [3.63, 3.8) is 0 Å². The average Bonchev–Trinajstić information content (AvgIpc) is 2.13. The van der Waals surface area contributed by atoms with Gasteiger partial charge in [-0.05, 0) is 6.42 Å². The van der Waals surface area contributed by atoms with Crippen molar-refractivity contribution < 1.29 is 14.7 Å². The van der Waals surface area contributed by atoms with Gasteiger partial charge in [-0.15, -0.1) is 0 Å². The Morgan fingerprint density at radius 2 is 1.71 bits per heavy atom. The summed E-state index contributed by atoms with van der Waals surface area (Å²) >= 11 is 0. The predicted molar refractivity (Wildman–Crippen MR) is 54.6 cm³/mol. The van der Waals surface area contributed by atoms with Crippen LogP contribution >= 0.6 is 0 Å². The van der Waals surface area contributed by atoms with Crippen LogP contribution in [0.25, 0.3) is 0 Å². The monoisotopic (exact) mass is 204 g/mol. The summed E-state index contributed by atoms with van der Waals surface area (Å²) in [7, 11) is 0. The SMILES string of the molecule is CCCCCCC(N)=O.NCC(=O)O. The lowest BCUT2D eigenvalue weighted by molar-refractivity contribution is -0.135. The molecular formula is C9H20N2O3. The summed E-state index contributed by atoms with van der Waals surface area (Å²) < 4.78 is 0. The molecule has 0 atom stereocenters. The Kier molecular flexibility index (Phi) is 13.1. The van der Waals surface area contributed by atoms with Crippen molar-refractivity contribution in [3.8, 4) is 0 Å². The number of hydrogen-bond acceptors (Lipinski definition) is 3. The molecule has 0 aromatic heterocycles. The zero-order valence-electron chi connectivity index (χ0n) is 8.66. The minimum Gasteiger partial charge on any atom is -0.480 e. The van der Waals surface area contributed by atoms with E-state index < -0.39 is 5.97 Å². The number of nitrogens with two attached hydrogens (primary N) is 2. The number of carbonyl (C=O) groups excluding carboxylic acids is 1. The van der Waals surface area contributed by atoms with Gasteiger partial charge in [-0.1, -0.05) is 26.2 Å². The molecule has 14 heavy (non-hydrogen) atoms. The number of carbonyl (C=O) groups is 2. The van der Waals surface area contributed by atoms with Gasteiger partial charge in [0, 0.05) is 6.42 Å². The van der Waals surface area contributed by atoms with Crippen molar-refractivity contribution in [3.05, 3.63) is 0 Å². The second-order valence-corrected chi connectivity index (χ2v) is 2.87. The molecule has 0 aliphatic carbocycles. The van der Waals surface area contributed by atoms with Gasteiger partial charge in [0.15, 0.2) is 0 Å². The number of unbranched alkanes of at least 4 members (excludes halogenated alkanes) is 3. The molecule has 0 aromatic carbocycles. The van der Waals surface area contributed by atoms with Crippen LogP contribution in [0.2, 0.25) is 0 Å². The smallest absolute Gasteiger partial charge is 0.317 e. The predicted octanol–water partition coefficient (Wildman–Crippen LogP) is 0.472. The van der Waals surface area contributed by atoms with E-state index in [4.69, 9.17) is 10.8 Å². The minimum atomic E-state index is -0.968. The molecular weight excluding hydrogens is 184 g/mol. The molecule has 5 N–H and O–H groups in total. The highest BCUT2D eigenvalue weighted by atomic mass is 16.4. The van der Waals surface area contributed by atoms with Crippen LogP contribution in [0.4, 0.5) is 0 Å². The summed E-state index contributed by atoms with van der Waals surface area (Å²) in [4.78, 5) is 19.4. The molecule has 0 aliphatic rings. The maximum Gasteiger partial charge on any atom is 0.317 e. The first kappa shape index (κ1) is 15.4. The molecule has 0 radical (unpaired) electrons. The number of aliphatic carboxylic acids is 1. The summed E-state index contributed by atoms with van der Waals surface area (Å²) in [5.41, 5.74) is 9.51. The third kappa shape index (κ3) is 22.4. The van der Waals surface area contributed by atoms with Gasteiger partial charge in [-0.25, -0.2) is 0 Å². The van der Waals surface area contributed by atoms with Crippen LogP contribution in [0, 0.1) is 0 Å². The lowest BCUT2D eigenvalue weighted by atomic mass is 10.1. The summed E-state index contributed by atoms with van der Waals surface area (Å²) in [6.45, 7) is 1.87. The van der Waals surface area contributed by atoms with Gasteiger partial charge in [-0.3, -0.25) is 9.59 Å². The van der Waals surface area contributed by atoms with E-state index >= 15 is 0 Å². The third-order valence-corrected chi connectivity index (χ3v) is 1.45. The maximum absolute atomic E-state index is 10.2. The molecule has 0 fully saturated rings. The summed E-state index contributed by atoms with van der Waals surface area (Å²) in [6, 6.07) is 0. The van der Waals surface area contributed by atoms with Gasteiger partial charge < -0.3 is 16.6 Å². The largest absolute Gasteiger partial charge is 0.480 e. The number of amides is 1. The Bertz CT molecular complexity index is 160. The van der Waals surface area contributed by atoms with Crippen molar-refractivity contribution in [1.82, 2.24) is 0 Å². The van der Waals surface area contributed by atoms with E-state index in [0.717, 1.165) is 12.8 Å². The first-order valence-electron chi connectivity index (χ1n) is 4.74. The lowest BCUT2D eigenvalue weighted by Crippen LogP contribution is -2.10. The van der Waals surface area contributed by atoms with Gasteiger partial charge in [0.25, 0.3) is 0 Å². The van der Waals surface area contributed by atoms with Gasteiger partial charge >= 0.3 is 5.97 Å². The molecule has 5 heteroatoms. The Morgan fingerprint density at radius 1 is 1.21 bits per heavy atom. The van der Waals surface area contributed by atoms with Crippen molar-refractivity contribution in [2.24, 2.45) is 11.5 Å². The highest BCUT2D eigenvalue weighted by molar-refractivity contribution is 5.73. The maximum atomic E-state index is 10.2. The molecule has 0 saturated carbocycles. The van der Waals surface area contributed by atoms with Crippen molar-refractivity contribution in [2.75, 3.05) is 6.54 Å². The Balaban J connectivity index is 0. The van der Waals surface area contributed by atoms with Gasteiger partial charge in [-0.2, -0.15) is 0 Å². The molecule has 0 heterocycles. The quantitative estimate of drug-likeness (QED) is 0.547. The number of hydrogen-bond donors (Lipinski definition) is 3. The first-order valence-corrected chi connectivity index (χ1v) is 4.74. The topological polar surface area (TPSA) is 106 Å². The van der Waals surface area contributed by atoms with Crippen molar-refractivity contribution in [2.45, 2.75) is 39.0 Å². The van der Waals surface area contributed by atoms with Crippen LogP contribution in [0.5, 0.6) is 0 Å². The summed E-state index contributed by atoms with van der Waals surface area (Å²) in [5, 5.41) is 7.60. The fourth-order valence-corrected chi connectivity index (χ4v) is 0.726. The normalized spacial score (nSPS) is 8.71. The van der Waals surface area contributed by atoms with Crippen LogP contribution in [0.3, 0.4) is 0 Å². The van der Waals surface area contributed by atoms with E-state index in [1.807, 2.05) is 0 Å². The molecule has 0 unspecified atom stereocenters. The molecule has 0 rings (SSSR count). The van der Waals surface area contributed by atoms with Crippen LogP contribution in [0.1, 0.15) is 39.0 Å². The fraction of sp³-hybridized carbons (Fsp3) is 0.778. The van der Waals surface area contributed by atoms with E-state index in [0.29, 0.717) is 6.42 Å². The average molecular weight is 204 g/mol. The standard InChI is InChI=1S/C7H15NO.C2H5NO2/c1-2-3-4-5-6-7(8)9;3-1-2(4)5/h2-6H2,1H3,(H2,8,9);1,3H2,(H,4,5). The van der Waals surface area contributed by atoms with Crippen molar-refractivity contribution >= 4 is 11.9 Å². The molecule has 0 aromatic rings. The van der Waals surface area contributed by atoms with Crippen LogP contribution in [-0.2, 0) is 9.59 Å². The Labute approximate surface area is 84.5 Å². The zero-order chi connectivity index (χ0) is 11.4.